The highest BCUT2D eigenvalue weighted by atomic mass is 35.5. The standard InChI is InChI=1S/C19H21Cl3N4O4/c1-2-28-18(27)5-6-23-11-7-12(20)19(13(21)8-11)30-17-4-3-14(25-26-17)15-10-29-16(22)9-24-15/h3-4,7-8,15-16,23-24H,2,5-6,9-10H2,1H3. The SMILES string of the molecule is CCOC(=O)CCNc1cc(Cl)c(Oc2ccc(C3COC(Cl)CN3)nn2)c(Cl)c1. The topological polar surface area (TPSA) is 94.6 Å². The van der Waals surface area contributed by atoms with Crippen molar-refractivity contribution in [1.82, 2.24) is 15.5 Å². The van der Waals surface area contributed by atoms with Crippen LogP contribution in [0.15, 0.2) is 24.3 Å². The summed E-state index contributed by atoms with van der Waals surface area (Å²) in [5, 5.41) is 15.1. The Hall–Kier alpha value is -1.84. The molecular formula is C19H21Cl3N4O4. The van der Waals surface area contributed by atoms with E-state index in [-0.39, 0.29) is 35.6 Å². The second kappa shape index (κ2) is 11.0. The van der Waals surface area contributed by atoms with E-state index in [4.69, 9.17) is 49.0 Å². The predicted molar refractivity (Wildman–Crippen MR) is 115 cm³/mol. The van der Waals surface area contributed by atoms with E-state index in [0.717, 1.165) is 0 Å². The molecule has 1 aliphatic heterocycles. The number of nitrogens with zero attached hydrogens (tertiary/aromatic N) is 2. The van der Waals surface area contributed by atoms with E-state index in [1.807, 2.05) is 0 Å². The largest absolute Gasteiger partial charge is 0.466 e. The van der Waals surface area contributed by atoms with Crippen LogP contribution >= 0.6 is 34.8 Å². The van der Waals surface area contributed by atoms with Gasteiger partial charge in [0, 0.05) is 24.8 Å². The minimum atomic E-state index is -0.344. The van der Waals surface area contributed by atoms with Gasteiger partial charge in [0.15, 0.2) is 5.75 Å². The lowest BCUT2D eigenvalue weighted by Crippen LogP contribution is -2.39. The maximum Gasteiger partial charge on any atom is 0.307 e. The van der Waals surface area contributed by atoms with Gasteiger partial charge in [0.1, 0.15) is 5.56 Å². The monoisotopic (exact) mass is 474 g/mol. The summed E-state index contributed by atoms with van der Waals surface area (Å²) in [6, 6.07) is 6.68. The van der Waals surface area contributed by atoms with Gasteiger partial charge >= 0.3 is 5.97 Å². The van der Waals surface area contributed by atoms with Crippen molar-refractivity contribution in [3.63, 3.8) is 0 Å². The average Bonchev–Trinajstić information content (AvgIpc) is 2.72. The maximum absolute atomic E-state index is 11.4. The fourth-order valence-corrected chi connectivity index (χ4v) is 3.45. The highest BCUT2D eigenvalue weighted by Gasteiger charge is 2.22. The van der Waals surface area contributed by atoms with Gasteiger partial charge in [-0.2, -0.15) is 5.10 Å². The van der Waals surface area contributed by atoms with Gasteiger partial charge in [-0.1, -0.05) is 34.8 Å². The van der Waals surface area contributed by atoms with Crippen molar-refractivity contribution in [2.24, 2.45) is 0 Å². The van der Waals surface area contributed by atoms with E-state index in [1.165, 1.54) is 0 Å². The van der Waals surface area contributed by atoms with Crippen LogP contribution in [0.5, 0.6) is 11.6 Å². The third-order valence-electron chi connectivity index (χ3n) is 4.15. The van der Waals surface area contributed by atoms with Crippen molar-refractivity contribution in [2.45, 2.75) is 24.9 Å². The molecule has 2 N–H and O–H groups in total. The molecule has 11 heteroatoms. The Morgan fingerprint density at radius 1 is 1.30 bits per heavy atom. The summed E-state index contributed by atoms with van der Waals surface area (Å²) in [4.78, 5) is 11.4. The first-order valence-corrected chi connectivity index (χ1v) is 10.5. The van der Waals surface area contributed by atoms with Crippen molar-refractivity contribution in [3.8, 4) is 11.6 Å². The van der Waals surface area contributed by atoms with Crippen LogP contribution in [0.4, 0.5) is 5.69 Å². The molecule has 2 unspecified atom stereocenters. The molecule has 30 heavy (non-hydrogen) atoms. The lowest BCUT2D eigenvalue weighted by atomic mass is 10.2. The normalized spacial score (nSPS) is 18.7. The van der Waals surface area contributed by atoms with Crippen LogP contribution in [0.2, 0.25) is 10.0 Å². The number of hydrogen-bond donors (Lipinski definition) is 2. The molecule has 0 saturated carbocycles. The van der Waals surface area contributed by atoms with Crippen molar-refractivity contribution in [2.75, 3.05) is 31.6 Å². The molecule has 1 aromatic carbocycles. The second-order valence-electron chi connectivity index (χ2n) is 6.35. The number of esters is 1. The zero-order valence-electron chi connectivity index (χ0n) is 16.2. The van der Waals surface area contributed by atoms with Crippen LogP contribution in [0.3, 0.4) is 0 Å². The van der Waals surface area contributed by atoms with Gasteiger partial charge in [0.25, 0.3) is 0 Å². The quantitative estimate of drug-likeness (QED) is 0.434. The molecule has 2 atom stereocenters. The summed E-state index contributed by atoms with van der Waals surface area (Å²) in [6.07, 6.45) is 0.232. The zero-order valence-corrected chi connectivity index (χ0v) is 18.4. The molecule has 3 rings (SSSR count). The molecule has 0 amide bonds. The van der Waals surface area contributed by atoms with E-state index in [1.54, 1.807) is 31.2 Å². The highest BCUT2D eigenvalue weighted by Crippen LogP contribution is 2.38. The van der Waals surface area contributed by atoms with Gasteiger partial charge in [-0.3, -0.25) is 4.79 Å². The molecule has 0 bridgehead atoms. The van der Waals surface area contributed by atoms with Crippen molar-refractivity contribution in [1.29, 1.82) is 0 Å². The molecule has 1 fully saturated rings. The number of morpholine rings is 1. The summed E-state index contributed by atoms with van der Waals surface area (Å²) in [5.74, 6) is 0.236. The number of nitrogens with one attached hydrogen (secondary N) is 2. The number of benzene rings is 1. The molecule has 1 saturated heterocycles. The van der Waals surface area contributed by atoms with E-state index in [0.29, 0.717) is 47.7 Å². The van der Waals surface area contributed by atoms with E-state index < -0.39 is 0 Å². The van der Waals surface area contributed by atoms with Crippen LogP contribution in [0.1, 0.15) is 25.1 Å². The number of carbonyl (C=O) groups is 1. The van der Waals surface area contributed by atoms with E-state index >= 15 is 0 Å². The molecule has 2 aromatic rings. The summed E-state index contributed by atoms with van der Waals surface area (Å²) < 4.78 is 16.0. The molecule has 1 aliphatic rings. The summed E-state index contributed by atoms with van der Waals surface area (Å²) >= 11 is 18.5. The first-order chi connectivity index (χ1) is 14.5. The minimum absolute atomic E-state index is 0.0892. The Kier molecular flexibility index (Phi) is 8.35. The lowest BCUT2D eigenvalue weighted by Gasteiger charge is -2.26. The number of aromatic nitrogens is 2. The van der Waals surface area contributed by atoms with Gasteiger partial charge in [0.2, 0.25) is 5.88 Å². The van der Waals surface area contributed by atoms with Crippen molar-refractivity contribution < 1.29 is 19.0 Å². The molecule has 1 aromatic heterocycles. The summed E-state index contributed by atoms with van der Waals surface area (Å²) in [5.41, 5.74) is 1.03. The van der Waals surface area contributed by atoms with Crippen LogP contribution < -0.4 is 15.4 Å². The minimum Gasteiger partial charge on any atom is -0.466 e. The molecule has 162 valence electrons. The summed E-state index contributed by atoms with van der Waals surface area (Å²) in [7, 11) is 0. The van der Waals surface area contributed by atoms with Gasteiger partial charge in [0.05, 0.1) is 41.4 Å². The average molecular weight is 476 g/mol. The Morgan fingerprint density at radius 3 is 2.67 bits per heavy atom. The number of halogens is 3. The van der Waals surface area contributed by atoms with Crippen LogP contribution in [-0.2, 0) is 14.3 Å². The second-order valence-corrected chi connectivity index (χ2v) is 7.65. The van der Waals surface area contributed by atoms with Crippen molar-refractivity contribution >= 4 is 46.5 Å². The van der Waals surface area contributed by atoms with Gasteiger partial charge in [-0.25, -0.2) is 0 Å². The third kappa shape index (κ3) is 6.33. The fourth-order valence-electron chi connectivity index (χ4n) is 2.72. The molecular weight excluding hydrogens is 455 g/mol. The summed E-state index contributed by atoms with van der Waals surface area (Å²) in [6.45, 7) is 3.44. The van der Waals surface area contributed by atoms with Crippen LogP contribution in [0.25, 0.3) is 0 Å². The van der Waals surface area contributed by atoms with Gasteiger partial charge < -0.3 is 24.8 Å². The van der Waals surface area contributed by atoms with Crippen molar-refractivity contribution in [3.05, 3.63) is 40.0 Å². The first kappa shape index (κ1) is 22.8. The van der Waals surface area contributed by atoms with Crippen LogP contribution in [-0.4, -0.2) is 48.0 Å². The first-order valence-electron chi connectivity index (χ1n) is 9.35. The van der Waals surface area contributed by atoms with E-state index in [2.05, 4.69) is 20.8 Å². The Labute approximate surface area is 189 Å². The molecule has 0 radical (unpaired) electrons. The van der Waals surface area contributed by atoms with E-state index in [9.17, 15) is 4.79 Å². The molecule has 2 heterocycles. The molecule has 0 spiro atoms. The lowest BCUT2D eigenvalue weighted by molar-refractivity contribution is -0.142. The Bertz CT molecular complexity index is 838. The number of alkyl halides is 1. The number of hydrogen-bond acceptors (Lipinski definition) is 8. The third-order valence-corrected chi connectivity index (χ3v) is 5.00. The number of ether oxygens (including phenoxy) is 3. The van der Waals surface area contributed by atoms with Gasteiger partial charge in [-0.05, 0) is 25.1 Å². The number of rotatable bonds is 8. The fraction of sp³-hybridized carbons (Fsp3) is 0.421. The Morgan fingerprint density at radius 2 is 2.07 bits per heavy atom. The Balaban J connectivity index is 1.60. The number of anilines is 1. The van der Waals surface area contributed by atoms with Crippen LogP contribution in [0, 0.1) is 0 Å². The zero-order chi connectivity index (χ0) is 21.5. The maximum atomic E-state index is 11.4. The smallest absolute Gasteiger partial charge is 0.307 e. The van der Waals surface area contributed by atoms with Gasteiger partial charge in [-0.15, -0.1) is 5.10 Å². The highest BCUT2D eigenvalue weighted by molar-refractivity contribution is 6.37. The predicted octanol–water partition coefficient (Wildman–Crippen LogP) is 4.17. The molecule has 0 aliphatic carbocycles. The molecule has 8 nitrogen and oxygen atoms in total. The number of carbonyl (C=O) groups excluding carboxylic acids is 1.